The van der Waals surface area contributed by atoms with Crippen LogP contribution in [0.1, 0.15) is 0 Å². The van der Waals surface area contributed by atoms with Crippen molar-refractivity contribution < 1.29 is 9.53 Å². The van der Waals surface area contributed by atoms with E-state index in [4.69, 9.17) is 10.5 Å². The van der Waals surface area contributed by atoms with Crippen molar-refractivity contribution in [3.05, 3.63) is 30.3 Å². The van der Waals surface area contributed by atoms with E-state index < -0.39 is 0 Å². The van der Waals surface area contributed by atoms with Crippen LogP contribution in [0.3, 0.4) is 0 Å². The third kappa shape index (κ3) is 4.97. The summed E-state index contributed by atoms with van der Waals surface area (Å²) in [6.07, 6.45) is 0. The van der Waals surface area contributed by atoms with E-state index in [-0.39, 0.29) is 24.0 Å². The first-order chi connectivity index (χ1) is 7.18. The largest absolute Gasteiger partial charge is 0.484 e. The van der Waals surface area contributed by atoms with Crippen molar-refractivity contribution in [3.63, 3.8) is 0 Å². The zero-order valence-electron chi connectivity index (χ0n) is 8.10. The molecule has 0 aliphatic rings. The van der Waals surface area contributed by atoms with E-state index in [2.05, 4.69) is 17.5 Å². The Bertz CT molecular complexity index is 341. The average molecular weight is 224 g/mol. The number of benzene rings is 1. The molecule has 4 nitrogen and oxygen atoms in total. The number of para-hydroxylation sites is 1. The van der Waals surface area contributed by atoms with Crippen LogP contribution < -0.4 is 15.8 Å². The van der Waals surface area contributed by atoms with Crippen molar-refractivity contribution in [2.24, 2.45) is 5.73 Å². The van der Waals surface area contributed by atoms with Gasteiger partial charge in [0.15, 0.2) is 6.61 Å². The number of carbonyl (C=O) groups is 1. The third-order valence-corrected chi connectivity index (χ3v) is 1.72. The predicted octanol–water partition coefficient (Wildman–Crippen LogP) is 0.468. The van der Waals surface area contributed by atoms with Crippen LogP contribution in [0.5, 0.6) is 5.75 Å². The predicted molar refractivity (Wildman–Crippen MR) is 61.7 cm³/mol. The minimum atomic E-state index is -0.244. The molecule has 0 bridgehead atoms. The van der Waals surface area contributed by atoms with Crippen LogP contribution in [-0.2, 0) is 4.79 Å². The molecule has 0 saturated carbocycles. The van der Waals surface area contributed by atoms with Gasteiger partial charge in [0.1, 0.15) is 5.75 Å². The van der Waals surface area contributed by atoms with Gasteiger partial charge in [-0.05, 0) is 12.1 Å². The lowest BCUT2D eigenvalue weighted by atomic mass is 10.3. The quantitative estimate of drug-likeness (QED) is 0.713. The molecule has 0 aliphatic carbocycles. The highest BCUT2D eigenvalue weighted by Gasteiger charge is 2.01. The Morgan fingerprint density at radius 3 is 2.67 bits per heavy atom. The molecule has 0 spiro atoms. The van der Waals surface area contributed by atoms with Crippen molar-refractivity contribution >= 4 is 23.1 Å². The van der Waals surface area contributed by atoms with Gasteiger partial charge in [0, 0.05) is 0 Å². The number of nitrogens with one attached hydrogen (secondary N) is 1. The van der Waals surface area contributed by atoms with Gasteiger partial charge in [0.2, 0.25) is 0 Å². The summed E-state index contributed by atoms with van der Waals surface area (Å²) in [5.74, 6) is 0.412. The number of thiocarbonyl (C=S) groups is 1. The summed E-state index contributed by atoms with van der Waals surface area (Å²) in [6.45, 7) is 0.166. The highest BCUT2D eigenvalue weighted by Crippen LogP contribution is 2.07. The molecule has 80 valence electrons. The number of carbonyl (C=O) groups excluding carboxylic acids is 1. The van der Waals surface area contributed by atoms with E-state index in [9.17, 15) is 4.79 Å². The Kier molecular flexibility index (Phi) is 4.56. The molecular weight excluding hydrogens is 212 g/mol. The monoisotopic (exact) mass is 224 g/mol. The Morgan fingerprint density at radius 2 is 2.07 bits per heavy atom. The van der Waals surface area contributed by atoms with Gasteiger partial charge in [-0.3, -0.25) is 4.79 Å². The molecule has 5 heteroatoms. The molecule has 0 aromatic heterocycles. The molecule has 0 fully saturated rings. The Labute approximate surface area is 93.4 Å². The average Bonchev–Trinajstić information content (AvgIpc) is 2.25. The van der Waals surface area contributed by atoms with Crippen LogP contribution in [0.15, 0.2) is 30.3 Å². The fourth-order valence-electron chi connectivity index (χ4n) is 0.902. The summed E-state index contributed by atoms with van der Waals surface area (Å²) in [4.78, 5) is 11.4. The van der Waals surface area contributed by atoms with Gasteiger partial charge in [0.05, 0.1) is 11.5 Å². The van der Waals surface area contributed by atoms with E-state index >= 15 is 0 Å². The minimum absolute atomic E-state index is 0.0351. The summed E-state index contributed by atoms with van der Waals surface area (Å²) in [5.41, 5.74) is 5.22. The lowest BCUT2D eigenvalue weighted by Gasteiger charge is -2.06. The van der Waals surface area contributed by atoms with Crippen molar-refractivity contribution in [2.75, 3.05) is 13.2 Å². The van der Waals surface area contributed by atoms with E-state index in [1.807, 2.05) is 18.2 Å². The van der Waals surface area contributed by atoms with Crippen molar-refractivity contribution in [1.82, 2.24) is 5.32 Å². The third-order valence-electron chi connectivity index (χ3n) is 1.57. The zero-order valence-corrected chi connectivity index (χ0v) is 8.92. The molecule has 1 rings (SSSR count). The number of ether oxygens (including phenoxy) is 1. The van der Waals surface area contributed by atoms with Gasteiger partial charge in [-0.2, -0.15) is 0 Å². The van der Waals surface area contributed by atoms with Crippen LogP contribution in [0.25, 0.3) is 0 Å². The van der Waals surface area contributed by atoms with Crippen LogP contribution in [0, 0.1) is 0 Å². The Balaban J connectivity index is 2.26. The molecule has 0 aliphatic heterocycles. The normalized spacial score (nSPS) is 9.33. The van der Waals surface area contributed by atoms with Gasteiger partial charge in [0.25, 0.3) is 5.91 Å². The van der Waals surface area contributed by atoms with Crippen molar-refractivity contribution in [2.45, 2.75) is 0 Å². The lowest BCUT2D eigenvalue weighted by molar-refractivity contribution is -0.122. The van der Waals surface area contributed by atoms with Gasteiger partial charge in [-0.1, -0.05) is 30.4 Å². The van der Waals surface area contributed by atoms with Gasteiger partial charge in [-0.15, -0.1) is 0 Å². The Hall–Kier alpha value is -1.62. The summed E-state index contributed by atoms with van der Waals surface area (Å²) in [6, 6.07) is 9.10. The molecule has 15 heavy (non-hydrogen) atoms. The molecule has 0 heterocycles. The second-order valence-electron chi connectivity index (χ2n) is 2.84. The number of amides is 1. The summed E-state index contributed by atoms with van der Waals surface area (Å²) < 4.78 is 5.20. The number of hydrogen-bond donors (Lipinski definition) is 2. The van der Waals surface area contributed by atoms with E-state index in [1.54, 1.807) is 12.1 Å². The molecule has 0 saturated heterocycles. The zero-order chi connectivity index (χ0) is 11.1. The van der Waals surface area contributed by atoms with Gasteiger partial charge in [-0.25, -0.2) is 0 Å². The molecular formula is C10H12N2O2S. The topological polar surface area (TPSA) is 64.3 Å². The van der Waals surface area contributed by atoms with Crippen LogP contribution in [0.2, 0.25) is 0 Å². The van der Waals surface area contributed by atoms with Crippen molar-refractivity contribution in [3.8, 4) is 5.75 Å². The molecule has 1 amide bonds. The smallest absolute Gasteiger partial charge is 0.258 e. The molecule has 0 unspecified atom stereocenters. The molecule has 0 radical (unpaired) electrons. The Morgan fingerprint density at radius 1 is 1.40 bits per heavy atom. The maximum Gasteiger partial charge on any atom is 0.258 e. The van der Waals surface area contributed by atoms with Crippen LogP contribution in [-0.4, -0.2) is 24.0 Å². The second-order valence-corrected chi connectivity index (χ2v) is 3.37. The lowest BCUT2D eigenvalue weighted by Crippen LogP contribution is -2.35. The summed E-state index contributed by atoms with van der Waals surface area (Å²) >= 11 is 4.61. The fourth-order valence-corrected chi connectivity index (χ4v) is 0.975. The molecule has 0 atom stereocenters. The maximum atomic E-state index is 11.2. The van der Waals surface area contributed by atoms with E-state index in [1.165, 1.54) is 0 Å². The SMILES string of the molecule is NC(=S)CNC(=O)COc1ccccc1. The molecule has 1 aromatic carbocycles. The highest BCUT2D eigenvalue weighted by molar-refractivity contribution is 7.80. The fraction of sp³-hybridized carbons (Fsp3) is 0.200. The number of hydrogen-bond acceptors (Lipinski definition) is 3. The maximum absolute atomic E-state index is 11.2. The first-order valence-corrected chi connectivity index (χ1v) is 4.82. The van der Waals surface area contributed by atoms with E-state index in [0.717, 1.165) is 0 Å². The summed E-state index contributed by atoms with van der Waals surface area (Å²) in [5, 5.41) is 2.52. The number of rotatable bonds is 5. The highest BCUT2D eigenvalue weighted by atomic mass is 32.1. The molecule has 3 N–H and O–H groups in total. The van der Waals surface area contributed by atoms with Crippen molar-refractivity contribution in [1.29, 1.82) is 0 Å². The standard InChI is InChI=1S/C10H12N2O2S/c11-9(15)6-12-10(13)7-14-8-4-2-1-3-5-8/h1-5H,6-7H2,(H2,11,15)(H,12,13). The van der Waals surface area contributed by atoms with Crippen LogP contribution >= 0.6 is 12.2 Å². The minimum Gasteiger partial charge on any atom is -0.484 e. The number of nitrogens with two attached hydrogens (primary N) is 1. The van der Waals surface area contributed by atoms with Gasteiger partial charge < -0.3 is 15.8 Å². The van der Waals surface area contributed by atoms with Gasteiger partial charge >= 0.3 is 0 Å². The molecule has 1 aromatic rings. The first kappa shape index (κ1) is 11.5. The first-order valence-electron chi connectivity index (χ1n) is 4.41. The summed E-state index contributed by atoms with van der Waals surface area (Å²) in [7, 11) is 0. The van der Waals surface area contributed by atoms with E-state index in [0.29, 0.717) is 5.75 Å². The second kappa shape index (κ2) is 5.98. The van der Waals surface area contributed by atoms with Crippen LogP contribution in [0.4, 0.5) is 0 Å².